The number of H-pyrrole nitrogens is 1. The van der Waals surface area contributed by atoms with E-state index in [1.165, 1.54) is 5.56 Å². The lowest BCUT2D eigenvalue weighted by Crippen LogP contribution is -2.15. The quantitative estimate of drug-likeness (QED) is 0.574. The number of nitrogens with zero attached hydrogens (tertiary/aromatic N) is 3. The van der Waals surface area contributed by atoms with Crippen molar-refractivity contribution in [2.24, 2.45) is 0 Å². The number of aromatic nitrogens is 4. The van der Waals surface area contributed by atoms with Crippen molar-refractivity contribution in [2.75, 3.05) is 0 Å². The maximum atomic E-state index is 12.2. The third-order valence-electron chi connectivity index (χ3n) is 3.85. The van der Waals surface area contributed by atoms with Crippen molar-refractivity contribution in [2.45, 2.75) is 26.2 Å². The predicted molar refractivity (Wildman–Crippen MR) is 75.9 cm³/mol. The zero-order chi connectivity index (χ0) is 13.9. The van der Waals surface area contributed by atoms with Crippen molar-refractivity contribution in [1.82, 2.24) is 19.6 Å². The van der Waals surface area contributed by atoms with Crippen LogP contribution in [-0.2, 0) is 6.42 Å². The van der Waals surface area contributed by atoms with Gasteiger partial charge in [-0.15, -0.1) is 10.2 Å². The van der Waals surface area contributed by atoms with Crippen molar-refractivity contribution in [3.05, 3.63) is 51.7 Å². The number of hydrogen-bond acceptors (Lipinski definition) is 3. The second kappa shape index (κ2) is 3.79. The maximum absolute atomic E-state index is 12.2. The SMILES string of the molecule is CC(C)c1nnc2c(=O)[nH]c3c(n12)Cc1ccccc1-3. The number of aromatic amines is 1. The van der Waals surface area contributed by atoms with Gasteiger partial charge in [-0.25, -0.2) is 0 Å². The normalized spacial score (nSPS) is 12.9. The summed E-state index contributed by atoms with van der Waals surface area (Å²) >= 11 is 0. The van der Waals surface area contributed by atoms with Crippen LogP contribution in [-0.4, -0.2) is 19.6 Å². The lowest BCUT2D eigenvalue weighted by molar-refractivity contribution is 0.748. The topological polar surface area (TPSA) is 63.0 Å². The summed E-state index contributed by atoms with van der Waals surface area (Å²) in [7, 11) is 0. The lowest BCUT2D eigenvalue weighted by Gasteiger charge is -2.08. The molecule has 20 heavy (non-hydrogen) atoms. The Balaban J connectivity index is 2.14. The molecule has 0 bridgehead atoms. The van der Waals surface area contributed by atoms with E-state index in [-0.39, 0.29) is 11.5 Å². The molecule has 0 fully saturated rings. The van der Waals surface area contributed by atoms with Gasteiger partial charge < -0.3 is 4.98 Å². The summed E-state index contributed by atoms with van der Waals surface area (Å²) in [5.74, 6) is 1.06. The molecule has 1 N–H and O–H groups in total. The molecule has 100 valence electrons. The molecule has 0 radical (unpaired) electrons. The molecule has 0 atom stereocenters. The van der Waals surface area contributed by atoms with Crippen LogP contribution >= 0.6 is 0 Å². The van der Waals surface area contributed by atoms with E-state index in [1.54, 1.807) is 0 Å². The van der Waals surface area contributed by atoms with E-state index in [4.69, 9.17) is 0 Å². The molecule has 1 aliphatic rings. The van der Waals surface area contributed by atoms with Gasteiger partial charge in [-0.1, -0.05) is 38.1 Å². The molecular weight excluding hydrogens is 252 g/mol. The monoisotopic (exact) mass is 266 g/mol. The van der Waals surface area contributed by atoms with Gasteiger partial charge in [0.05, 0.1) is 11.4 Å². The van der Waals surface area contributed by atoms with Crippen LogP contribution in [0, 0.1) is 0 Å². The summed E-state index contributed by atoms with van der Waals surface area (Å²) in [6.07, 6.45) is 0.802. The molecule has 0 amide bonds. The Bertz CT molecular complexity index is 889. The highest BCUT2D eigenvalue weighted by Crippen LogP contribution is 2.34. The first kappa shape index (κ1) is 11.4. The van der Waals surface area contributed by atoms with Gasteiger partial charge in [-0.2, -0.15) is 0 Å². The van der Waals surface area contributed by atoms with Crippen LogP contribution in [0.5, 0.6) is 0 Å². The van der Waals surface area contributed by atoms with Gasteiger partial charge in [0.1, 0.15) is 5.82 Å². The summed E-state index contributed by atoms with van der Waals surface area (Å²) in [5.41, 5.74) is 4.52. The molecule has 0 saturated carbocycles. The van der Waals surface area contributed by atoms with Crippen molar-refractivity contribution >= 4 is 5.65 Å². The van der Waals surface area contributed by atoms with Crippen LogP contribution in [0.1, 0.15) is 36.8 Å². The third-order valence-corrected chi connectivity index (χ3v) is 3.85. The van der Waals surface area contributed by atoms with Gasteiger partial charge >= 0.3 is 0 Å². The summed E-state index contributed by atoms with van der Waals surface area (Å²) in [6.45, 7) is 4.12. The fourth-order valence-electron chi connectivity index (χ4n) is 2.93. The molecule has 2 heterocycles. The molecule has 5 nitrogen and oxygen atoms in total. The molecule has 4 rings (SSSR count). The summed E-state index contributed by atoms with van der Waals surface area (Å²) < 4.78 is 1.93. The summed E-state index contributed by atoms with van der Waals surface area (Å²) in [5, 5.41) is 8.24. The van der Waals surface area contributed by atoms with Crippen LogP contribution in [0.3, 0.4) is 0 Å². The smallest absolute Gasteiger partial charge is 0.294 e. The molecule has 0 saturated heterocycles. The maximum Gasteiger partial charge on any atom is 0.294 e. The first-order chi connectivity index (χ1) is 9.66. The van der Waals surface area contributed by atoms with E-state index in [9.17, 15) is 4.79 Å². The van der Waals surface area contributed by atoms with E-state index in [0.717, 1.165) is 29.2 Å². The number of hydrogen-bond donors (Lipinski definition) is 1. The first-order valence-corrected chi connectivity index (χ1v) is 6.75. The van der Waals surface area contributed by atoms with Crippen LogP contribution in [0.25, 0.3) is 16.9 Å². The zero-order valence-corrected chi connectivity index (χ0v) is 11.3. The Morgan fingerprint density at radius 1 is 1.25 bits per heavy atom. The van der Waals surface area contributed by atoms with E-state index in [2.05, 4.69) is 35.1 Å². The Morgan fingerprint density at radius 2 is 2.05 bits per heavy atom. The Labute approximate surface area is 115 Å². The largest absolute Gasteiger partial charge is 0.317 e. The number of benzene rings is 1. The lowest BCUT2D eigenvalue weighted by atomic mass is 10.1. The molecule has 2 aromatic heterocycles. The van der Waals surface area contributed by atoms with Gasteiger partial charge in [0.15, 0.2) is 0 Å². The van der Waals surface area contributed by atoms with Crippen molar-refractivity contribution < 1.29 is 0 Å². The minimum atomic E-state index is -0.181. The predicted octanol–water partition coefficient (Wildman–Crippen LogP) is 2.11. The molecule has 3 aromatic rings. The van der Waals surface area contributed by atoms with E-state index in [1.807, 2.05) is 22.6 Å². The Morgan fingerprint density at radius 3 is 2.85 bits per heavy atom. The van der Waals surface area contributed by atoms with E-state index in [0.29, 0.717) is 5.65 Å². The average molecular weight is 266 g/mol. The van der Waals surface area contributed by atoms with Crippen LogP contribution in [0.15, 0.2) is 29.1 Å². The number of nitrogens with one attached hydrogen (secondary N) is 1. The fraction of sp³-hybridized carbons (Fsp3) is 0.267. The van der Waals surface area contributed by atoms with Crippen molar-refractivity contribution in [3.63, 3.8) is 0 Å². The average Bonchev–Trinajstić information content (AvgIpc) is 3.00. The van der Waals surface area contributed by atoms with Gasteiger partial charge in [-0.3, -0.25) is 9.20 Å². The number of fused-ring (bicyclic) bond motifs is 5. The van der Waals surface area contributed by atoms with Gasteiger partial charge in [0.2, 0.25) is 5.65 Å². The highest BCUT2D eigenvalue weighted by atomic mass is 16.1. The molecular formula is C15H14N4O. The van der Waals surface area contributed by atoms with Gasteiger partial charge in [-0.05, 0) is 5.56 Å². The van der Waals surface area contributed by atoms with Crippen molar-refractivity contribution in [1.29, 1.82) is 0 Å². The Kier molecular flexibility index (Phi) is 2.16. The standard InChI is InChI=1S/C15H14N4O/c1-8(2)13-17-18-14-15(20)16-12-10-6-4-3-5-9(10)7-11(12)19(13)14/h3-6,8H,7H2,1-2H3,(H,16,20). The first-order valence-electron chi connectivity index (χ1n) is 6.75. The van der Waals surface area contributed by atoms with Gasteiger partial charge in [0, 0.05) is 17.9 Å². The van der Waals surface area contributed by atoms with Gasteiger partial charge in [0.25, 0.3) is 5.56 Å². The third kappa shape index (κ3) is 1.35. The molecule has 5 heteroatoms. The minimum Gasteiger partial charge on any atom is -0.317 e. The Hall–Kier alpha value is -2.43. The minimum absolute atomic E-state index is 0.181. The molecule has 1 aromatic carbocycles. The van der Waals surface area contributed by atoms with Crippen LogP contribution < -0.4 is 5.56 Å². The molecule has 0 unspecified atom stereocenters. The molecule has 0 aliphatic heterocycles. The van der Waals surface area contributed by atoms with E-state index < -0.39 is 0 Å². The number of rotatable bonds is 1. The van der Waals surface area contributed by atoms with Crippen LogP contribution in [0.4, 0.5) is 0 Å². The second-order valence-corrected chi connectivity index (χ2v) is 5.48. The summed E-state index contributed by atoms with van der Waals surface area (Å²) in [4.78, 5) is 15.2. The second-order valence-electron chi connectivity index (χ2n) is 5.48. The molecule has 0 spiro atoms. The van der Waals surface area contributed by atoms with Crippen LogP contribution in [0.2, 0.25) is 0 Å². The van der Waals surface area contributed by atoms with E-state index >= 15 is 0 Å². The highest BCUT2D eigenvalue weighted by molar-refractivity contribution is 5.73. The van der Waals surface area contributed by atoms with Crippen molar-refractivity contribution in [3.8, 4) is 11.3 Å². The molecule has 1 aliphatic carbocycles. The summed E-state index contributed by atoms with van der Waals surface area (Å²) in [6, 6.07) is 8.16. The fourth-order valence-corrected chi connectivity index (χ4v) is 2.93. The zero-order valence-electron chi connectivity index (χ0n) is 11.3. The highest BCUT2D eigenvalue weighted by Gasteiger charge is 2.25.